The molecule has 3 aromatic rings. The molecule has 1 aromatic carbocycles. The van der Waals surface area contributed by atoms with Crippen LogP contribution in [0.4, 0.5) is 5.13 Å². The summed E-state index contributed by atoms with van der Waals surface area (Å²) in [4.78, 5) is 18.1. The number of aryl methyl sites for hydroxylation is 2. The van der Waals surface area contributed by atoms with Crippen molar-refractivity contribution in [2.45, 2.75) is 69.6 Å². The molecular weight excluding hydrogens is 510 g/mol. The Labute approximate surface area is 220 Å². The predicted molar refractivity (Wildman–Crippen MR) is 141 cm³/mol. The van der Waals surface area contributed by atoms with Gasteiger partial charge in [-0.25, -0.2) is 4.98 Å². The van der Waals surface area contributed by atoms with E-state index >= 15 is 0 Å². The summed E-state index contributed by atoms with van der Waals surface area (Å²) in [6.07, 6.45) is 9.73. The van der Waals surface area contributed by atoms with Crippen molar-refractivity contribution < 1.29 is 21.9 Å². The number of hydrogen-bond donors (Lipinski definition) is 1. The molecule has 3 unspecified atom stereocenters. The summed E-state index contributed by atoms with van der Waals surface area (Å²) in [5.41, 5.74) is 4.64. The second kappa shape index (κ2) is 8.94. The molecule has 5 atom stereocenters. The fourth-order valence-electron chi connectivity index (χ4n) is 7.40. The van der Waals surface area contributed by atoms with Crippen molar-refractivity contribution in [2.24, 2.45) is 11.8 Å². The SMILES string of the molecule is Cc1cnc(NC(=O)CC[C@@H]2c3conc3[C@@]3(C)CCC4c5ccc(OS(C)(=O)=O)cc5CCC4C23)s1. The van der Waals surface area contributed by atoms with Crippen LogP contribution in [0.3, 0.4) is 0 Å². The molecule has 0 aliphatic heterocycles. The van der Waals surface area contributed by atoms with Gasteiger partial charge >= 0.3 is 10.1 Å². The fraction of sp³-hybridized carbons (Fsp3) is 0.519. The number of amides is 1. The Hall–Kier alpha value is -2.72. The van der Waals surface area contributed by atoms with Crippen LogP contribution in [0.5, 0.6) is 5.75 Å². The lowest BCUT2D eigenvalue weighted by Crippen LogP contribution is -2.44. The zero-order valence-corrected chi connectivity index (χ0v) is 22.8. The molecule has 1 saturated carbocycles. The number of hydrogen-bond acceptors (Lipinski definition) is 8. The zero-order chi connectivity index (χ0) is 25.9. The molecule has 6 rings (SSSR count). The van der Waals surface area contributed by atoms with Gasteiger partial charge in [-0.3, -0.25) is 4.79 Å². The molecule has 0 saturated heterocycles. The van der Waals surface area contributed by atoms with Gasteiger partial charge in [-0.05, 0) is 86.0 Å². The maximum atomic E-state index is 12.8. The Bertz CT molecular complexity index is 1460. The third-order valence-corrected chi connectivity index (χ3v) is 10.0. The molecule has 37 heavy (non-hydrogen) atoms. The molecule has 196 valence electrons. The molecule has 1 N–H and O–H groups in total. The van der Waals surface area contributed by atoms with Crippen LogP contribution in [0, 0.1) is 18.8 Å². The molecule has 0 radical (unpaired) electrons. The maximum absolute atomic E-state index is 12.8. The van der Waals surface area contributed by atoms with E-state index in [-0.39, 0.29) is 17.2 Å². The number of carbonyl (C=O) groups is 1. The molecule has 8 nitrogen and oxygen atoms in total. The molecule has 10 heteroatoms. The van der Waals surface area contributed by atoms with Gasteiger partial charge in [0.15, 0.2) is 5.13 Å². The number of anilines is 1. The van der Waals surface area contributed by atoms with Gasteiger partial charge in [0.1, 0.15) is 12.0 Å². The van der Waals surface area contributed by atoms with E-state index in [9.17, 15) is 13.2 Å². The summed E-state index contributed by atoms with van der Waals surface area (Å²) in [6.45, 7) is 4.30. The summed E-state index contributed by atoms with van der Waals surface area (Å²) in [6, 6.07) is 5.73. The van der Waals surface area contributed by atoms with Crippen LogP contribution in [-0.2, 0) is 26.7 Å². The van der Waals surface area contributed by atoms with Gasteiger partial charge in [-0.2, -0.15) is 8.42 Å². The summed E-state index contributed by atoms with van der Waals surface area (Å²) >= 11 is 1.48. The number of nitrogens with one attached hydrogen (secondary N) is 1. The van der Waals surface area contributed by atoms with Gasteiger partial charge in [0.25, 0.3) is 0 Å². The highest BCUT2D eigenvalue weighted by atomic mass is 32.2. The van der Waals surface area contributed by atoms with Crippen molar-refractivity contribution in [2.75, 3.05) is 11.6 Å². The van der Waals surface area contributed by atoms with E-state index in [0.717, 1.165) is 54.5 Å². The van der Waals surface area contributed by atoms with Gasteiger partial charge in [-0.15, -0.1) is 11.3 Å². The topological polar surface area (TPSA) is 111 Å². The van der Waals surface area contributed by atoms with Gasteiger partial charge < -0.3 is 14.0 Å². The molecule has 3 aliphatic carbocycles. The fourth-order valence-corrected chi connectivity index (χ4v) is 8.54. The van der Waals surface area contributed by atoms with E-state index < -0.39 is 10.1 Å². The normalized spacial score (nSPS) is 28.1. The number of nitrogens with zero attached hydrogens (tertiary/aromatic N) is 2. The van der Waals surface area contributed by atoms with E-state index in [0.29, 0.717) is 35.1 Å². The highest BCUT2D eigenvalue weighted by Crippen LogP contribution is 2.64. The van der Waals surface area contributed by atoms with Crippen molar-refractivity contribution >= 4 is 32.5 Å². The van der Waals surface area contributed by atoms with Gasteiger partial charge in [-0.1, -0.05) is 18.1 Å². The quantitative estimate of drug-likeness (QED) is 0.421. The lowest BCUT2D eigenvalue weighted by atomic mass is 9.53. The number of fused-ring (bicyclic) bond motifs is 7. The molecule has 2 aromatic heterocycles. The highest BCUT2D eigenvalue weighted by Gasteiger charge is 2.58. The Morgan fingerprint density at radius 2 is 2.14 bits per heavy atom. The van der Waals surface area contributed by atoms with Crippen molar-refractivity contribution in [1.29, 1.82) is 0 Å². The van der Waals surface area contributed by atoms with Crippen molar-refractivity contribution in [3.8, 4) is 5.75 Å². The number of thiazole rings is 1. The van der Waals surface area contributed by atoms with Crippen molar-refractivity contribution in [3.63, 3.8) is 0 Å². The largest absolute Gasteiger partial charge is 0.383 e. The number of rotatable bonds is 6. The van der Waals surface area contributed by atoms with Crippen LogP contribution in [0.15, 0.2) is 35.2 Å². The number of benzene rings is 1. The smallest absolute Gasteiger partial charge is 0.306 e. The number of aromatic nitrogens is 2. The number of carbonyl (C=O) groups excluding carboxylic acids is 1. The summed E-state index contributed by atoms with van der Waals surface area (Å²) in [5, 5.41) is 8.07. The Kier molecular flexibility index (Phi) is 5.95. The molecule has 2 heterocycles. The zero-order valence-electron chi connectivity index (χ0n) is 21.2. The first-order valence-corrected chi connectivity index (χ1v) is 15.4. The van der Waals surface area contributed by atoms with Crippen LogP contribution in [0.1, 0.15) is 78.1 Å². The minimum atomic E-state index is -3.56. The third-order valence-electron chi connectivity index (χ3n) is 8.72. The van der Waals surface area contributed by atoms with Gasteiger partial charge in [0, 0.05) is 28.5 Å². The van der Waals surface area contributed by atoms with E-state index in [1.54, 1.807) is 18.5 Å². The van der Waals surface area contributed by atoms with Crippen LogP contribution in [0.2, 0.25) is 0 Å². The molecule has 3 aliphatic rings. The van der Waals surface area contributed by atoms with E-state index in [1.165, 1.54) is 22.5 Å². The van der Waals surface area contributed by atoms with Gasteiger partial charge in [0.05, 0.1) is 11.9 Å². The first-order chi connectivity index (χ1) is 17.6. The maximum Gasteiger partial charge on any atom is 0.306 e. The lowest BCUT2D eigenvalue weighted by Gasteiger charge is -2.50. The molecule has 0 spiro atoms. The second-order valence-electron chi connectivity index (χ2n) is 11.0. The Morgan fingerprint density at radius 1 is 1.30 bits per heavy atom. The van der Waals surface area contributed by atoms with Gasteiger partial charge in [0.2, 0.25) is 5.91 Å². The second-order valence-corrected chi connectivity index (χ2v) is 13.8. The van der Waals surface area contributed by atoms with Crippen LogP contribution in [-0.4, -0.2) is 30.7 Å². The van der Waals surface area contributed by atoms with Crippen molar-refractivity contribution in [1.82, 2.24) is 10.1 Å². The molecule has 1 fully saturated rings. The average Bonchev–Trinajstić information content (AvgIpc) is 3.53. The molecule has 0 bridgehead atoms. The summed E-state index contributed by atoms with van der Waals surface area (Å²) in [5.74, 6) is 1.79. The molecule has 1 amide bonds. The monoisotopic (exact) mass is 541 g/mol. The average molecular weight is 542 g/mol. The standard InChI is InChI=1S/C27H31N3O5S2/c1-15-13-28-26(36-15)29-23(31)9-8-21-22-14-34-30-25(22)27(2)11-10-19-18-7-5-17(35-37(3,32)33)12-16(18)4-6-20(19)24(21)27/h5,7,12-14,19-21,24H,4,6,8-11H2,1-3H3,(H,28,29,31)/t19?,20?,21-,24?,27+/m1/s1. The lowest BCUT2D eigenvalue weighted by molar-refractivity contribution is -0.116. The van der Waals surface area contributed by atoms with E-state index in [4.69, 9.17) is 8.71 Å². The van der Waals surface area contributed by atoms with E-state index in [2.05, 4.69) is 28.4 Å². The Balaban J connectivity index is 1.26. The summed E-state index contributed by atoms with van der Waals surface area (Å²) < 4.78 is 33.9. The van der Waals surface area contributed by atoms with Crippen LogP contribution >= 0.6 is 11.3 Å². The van der Waals surface area contributed by atoms with Crippen LogP contribution < -0.4 is 9.50 Å². The highest BCUT2D eigenvalue weighted by molar-refractivity contribution is 7.86. The predicted octanol–water partition coefficient (Wildman–Crippen LogP) is 5.31. The Morgan fingerprint density at radius 3 is 2.89 bits per heavy atom. The third kappa shape index (κ3) is 4.37. The first kappa shape index (κ1) is 24.6. The summed E-state index contributed by atoms with van der Waals surface area (Å²) in [7, 11) is -3.56. The minimum absolute atomic E-state index is 0.0132. The van der Waals surface area contributed by atoms with Crippen molar-refractivity contribution in [3.05, 3.63) is 57.9 Å². The van der Waals surface area contributed by atoms with E-state index in [1.807, 2.05) is 13.0 Å². The molecular formula is C27H31N3O5S2. The van der Waals surface area contributed by atoms with Crippen LogP contribution in [0.25, 0.3) is 0 Å². The first-order valence-electron chi connectivity index (χ1n) is 12.8. The minimum Gasteiger partial charge on any atom is -0.383 e.